The van der Waals surface area contributed by atoms with Gasteiger partial charge in [0.15, 0.2) is 0 Å². The van der Waals surface area contributed by atoms with E-state index in [9.17, 15) is 14.7 Å². The number of carbonyl (C=O) groups excluding carboxylic acids is 1. The summed E-state index contributed by atoms with van der Waals surface area (Å²) in [5.74, 6) is -0.263. The summed E-state index contributed by atoms with van der Waals surface area (Å²) in [4.78, 5) is 27.4. The highest BCUT2D eigenvalue weighted by Crippen LogP contribution is 2.33. The molecule has 1 amide bonds. The molecule has 2 aliphatic rings. The van der Waals surface area contributed by atoms with Gasteiger partial charge in [-0.15, -0.1) is 0 Å². The van der Waals surface area contributed by atoms with Crippen LogP contribution in [0.1, 0.15) is 60.8 Å². The molecule has 1 N–H and O–H groups in total. The van der Waals surface area contributed by atoms with E-state index in [-0.39, 0.29) is 23.5 Å². The number of fused-ring (bicyclic) bond motifs is 1. The van der Waals surface area contributed by atoms with Crippen molar-refractivity contribution in [1.29, 1.82) is 0 Å². The van der Waals surface area contributed by atoms with Crippen LogP contribution in [0.2, 0.25) is 0 Å². The van der Waals surface area contributed by atoms with E-state index in [1.807, 2.05) is 26.0 Å². The molecule has 29 heavy (non-hydrogen) atoms. The van der Waals surface area contributed by atoms with E-state index >= 15 is 0 Å². The lowest BCUT2D eigenvalue weighted by Gasteiger charge is -2.46. The molecular weight excluding hydrogens is 372 g/mol. The van der Waals surface area contributed by atoms with Gasteiger partial charge in [-0.1, -0.05) is 26.8 Å². The third-order valence-corrected chi connectivity index (χ3v) is 6.06. The first-order valence-electron chi connectivity index (χ1n) is 10.3. The molecule has 2 unspecified atom stereocenters. The van der Waals surface area contributed by atoms with E-state index in [2.05, 4.69) is 25.7 Å². The molecule has 7 nitrogen and oxygen atoms in total. The molecule has 0 bridgehead atoms. The van der Waals surface area contributed by atoms with Crippen LogP contribution in [-0.4, -0.2) is 65.8 Å². The number of carbonyl (C=O) groups is 2. The molecule has 1 saturated heterocycles. The molecule has 7 heteroatoms. The number of cyclic esters (lactones) is 1. The molecule has 160 valence electrons. The molecule has 0 aliphatic carbocycles. The van der Waals surface area contributed by atoms with Crippen molar-refractivity contribution in [2.75, 3.05) is 32.8 Å². The van der Waals surface area contributed by atoms with Crippen molar-refractivity contribution in [3.8, 4) is 0 Å². The van der Waals surface area contributed by atoms with E-state index in [0.29, 0.717) is 45.0 Å². The Balaban J connectivity index is 1.81. The molecule has 2 aliphatic heterocycles. The minimum atomic E-state index is -0.856. The molecule has 0 aromatic heterocycles. The van der Waals surface area contributed by atoms with Crippen LogP contribution < -0.4 is 0 Å². The van der Waals surface area contributed by atoms with Crippen LogP contribution in [-0.2, 0) is 16.1 Å². The number of amides is 1. The first-order chi connectivity index (χ1) is 13.6. The van der Waals surface area contributed by atoms with Crippen molar-refractivity contribution in [1.82, 2.24) is 9.80 Å². The van der Waals surface area contributed by atoms with Crippen LogP contribution in [0, 0.1) is 12.3 Å². The summed E-state index contributed by atoms with van der Waals surface area (Å²) in [5, 5.41) is 9.59. The normalized spacial score (nSPS) is 21.1. The van der Waals surface area contributed by atoms with Gasteiger partial charge in [-0.25, -0.2) is 9.59 Å². The predicted octanol–water partition coefficient (Wildman–Crippen LogP) is 3.45. The SMILES string of the molecule is CCOC(CN1CCN(C(=O)O)C(C(C)(C)C)C1)c1ccc2c(c1C)COC2=O. The van der Waals surface area contributed by atoms with Gasteiger partial charge < -0.3 is 19.5 Å². The Morgan fingerprint density at radius 3 is 2.69 bits per heavy atom. The fourth-order valence-corrected chi connectivity index (χ4v) is 4.37. The fourth-order valence-electron chi connectivity index (χ4n) is 4.37. The number of rotatable bonds is 5. The summed E-state index contributed by atoms with van der Waals surface area (Å²) in [6.45, 7) is 13.6. The number of benzene rings is 1. The minimum Gasteiger partial charge on any atom is -0.465 e. The lowest BCUT2D eigenvalue weighted by molar-refractivity contribution is -0.0139. The maximum Gasteiger partial charge on any atom is 0.407 e. The van der Waals surface area contributed by atoms with Crippen LogP contribution in [0.4, 0.5) is 4.79 Å². The number of hydrogen-bond donors (Lipinski definition) is 1. The smallest absolute Gasteiger partial charge is 0.407 e. The summed E-state index contributed by atoms with van der Waals surface area (Å²) < 4.78 is 11.3. The quantitative estimate of drug-likeness (QED) is 0.757. The molecule has 3 rings (SSSR count). The van der Waals surface area contributed by atoms with E-state index in [1.54, 1.807) is 4.90 Å². The van der Waals surface area contributed by atoms with Gasteiger partial charge in [-0.05, 0) is 36.5 Å². The zero-order valence-electron chi connectivity index (χ0n) is 18.0. The van der Waals surface area contributed by atoms with E-state index in [1.165, 1.54) is 0 Å². The van der Waals surface area contributed by atoms with E-state index in [4.69, 9.17) is 9.47 Å². The maximum atomic E-state index is 11.8. The molecule has 0 radical (unpaired) electrons. The van der Waals surface area contributed by atoms with Gasteiger partial charge in [0.2, 0.25) is 0 Å². The summed E-state index contributed by atoms with van der Waals surface area (Å²) in [5.41, 5.74) is 3.55. The molecule has 2 atom stereocenters. The van der Waals surface area contributed by atoms with Gasteiger partial charge in [0.1, 0.15) is 6.61 Å². The largest absolute Gasteiger partial charge is 0.465 e. The molecular formula is C22H32N2O5. The van der Waals surface area contributed by atoms with Crippen molar-refractivity contribution in [3.05, 3.63) is 34.4 Å². The molecule has 0 spiro atoms. The first kappa shape index (κ1) is 21.6. The maximum absolute atomic E-state index is 11.8. The molecule has 1 aromatic carbocycles. The summed E-state index contributed by atoms with van der Waals surface area (Å²) >= 11 is 0. The minimum absolute atomic E-state index is 0.0804. The Bertz CT molecular complexity index is 786. The van der Waals surface area contributed by atoms with Crippen LogP contribution in [0.3, 0.4) is 0 Å². The summed E-state index contributed by atoms with van der Waals surface area (Å²) in [6, 6.07) is 3.72. The van der Waals surface area contributed by atoms with Crippen molar-refractivity contribution in [2.24, 2.45) is 5.41 Å². The second-order valence-corrected chi connectivity index (χ2v) is 8.94. The van der Waals surface area contributed by atoms with Gasteiger partial charge in [0, 0.05) is 38.3 Å². The van der Waals surface area contributed by atoms with Crippen molar-refractivity contribution < 1.29 is 24.2 Å². The van der Waals surface area contributed by atoms with Crippen LogP contribution >= 0.6 is 0 Å². The van der Waals surface area contributed by atoms with E-state index in [0.717, 1.165) is 16.7 Å². The second kappa shape index (κ2) is 8.32. The Labute approximate surface area is 172 Å². The van der Waals surface area contributed by atoms with Gasteiger partial charge in [-0.2, -0.15) is 0 Å². The Kier molecular flexibility index (Phi) is 6.19. The number of carboxylic acid groups (broad SMARTS) is 1. The first-order valence-corrected chi connectivity index (χ1v) is 10.3. The van der Waals surface area contributed by atoms with Crippen LogP contribution in [0.15, 0.2) is 12.1 Å². The summed E-state index contributed by atoms with van der Waals surface area (Å²) in [6.07, 6.45) is -0.997. The zero-order valence-corrected chi connectivity index (χ0v) is 18.0. The fraction of sp³-hybridized carbons (Fsp3) is 0.636. The van der Waals surface area contributed by atoms with Gasteiger partial charge in [-0.3, -0.25) is 4.90 Å². The zero-order chi connectivity index (χ0) is 21.3. The third kappa shape index (κ3) is 4.41. The number of esters is 1. The highest BCUT2D eigenvalue weighted by Gasteiger charge is 2.38. The standard InChI is InChI=1S/C22H32N2O5/c1-6-28-18(15-7-8-16-17(14(15)2)13-29-20(16)25)11-23-9-10-24(21(26)27)19(12-23)22(3,4)5/h7-8,18-19H,6,9-13H2,1-5H3,(H,26,27). The number of hydrogen-bond acceptors (Lipinski definition) is 5. The number of piperazine rings is 1. The Morgan fingerprint density at radius 2 is 2.07 bits per heavy atom. The van der Waals surface area contributed by atoms with Gasteiger partial charge >= 0.3 is 12.1 Å². The van der Waals surface area contributed by atoms with Crippen LogP contribution in [0.5, 0.6) is 0 Å². The second-order valence-electron chi connectivity index (χ2n) is 8.94. The Morgan fingerprint density at radius 1 is 1.34 bits per heavy atom. The van der Waals surface area contributed by atoms with Crippen LogP contribution in [0.25, 0.3) is 0 Å². The number of ether oxygens (including phenoxy) is 2. The number of nitrogens with zero attached hydrogens (tertiary/aromatic N) is 2. The average Bonchev–Trinajstić information content (AvgIpc) is 3.03. The summed E-state index contributed by atoms with van der Waals surface area (Å²) in [7, 11) is 0. The van der Waals surface area contributed by atoms with Gasteiger partial charge in [0.25, 0.3) is 0 Å². The topological polar surface area (TPSA) is 79.3 Å². The molecule has 1 aromatic rings. The Hall–Kier alpha value is -2.12. The third-order valence-electron chi connectivity index (χ3n) is 6.06. The van der Waals surface area contributed by atoms with Crippen molar-refractivity contribution in [3.63, 3.8) is 0 Å². The lowest BCUT2D eigenvalue weighted by atomic mass is 9.84. The van der Waals surface area contributed by atoms with Crippen molar-refractivity contribution >= 4 is 12.1 Å². The average molecular weight is 405 g/mol. The lowest BCUT2D eigenvalue weighted by Crippen LogP contribution is -2.59. The molecule has 1 fully saturated rings. The molecule has 0 saturated carbocycles. The monoisotopic (exact) mass is 404 g/mol. The van der Waals surface area contributed by atoms with Gasteiger partial charge in [0.05, 0.1) is 17.7 Å². The molecule has 2 heterocycles. The van der Waals surface area contributed by atoms with Crippen molar-refractivity contribution in [2.45, 2.75) is 53.4 Å². The highest BCUT2D eigenvalue weighted by atomic mass is 16.5. The van der Waals surface area contributed by atoms with E-state index < -0.39 is 6.09 Å². The predicted molar refractivity (Wildman–Crippen MR) is 109 cm³/mol. The highest BCUT2D eigenvalue weighted by molar-refractivity contribution is 5.93.